The van der Waals surface area contributed by atoms with Crippen LogP contribution in [0, 0.1) is 5.92 Å². The molecule has 0 saturated carbocycles. The van der Waals surface area contributed by atoms with Crippen molar-refractivity contribution in [1.29, 1.82) is 0 Å². The summed E-state index contributed by atoms with van der Waals surface area (Å²) in [6.07, 6.45) is 0.768. The maximum Gasteiger partial charge on any atom is 0.308 e. The van der Waals surface area contributed by atoms with Crippen LogP contribution in [0.2, 0.25) is 0 Å². The first-order valence-electron chi connectivity index (χ1n) is 4.86. The van der Waals surface area contributed by atoms with E-state index in [1.807, 2.05) is 18.2 Å². The van der Waals surface area contributed by atoms with Crippen molar-refractivity contribution in [3.8, 4) is 0 Å². The quantitative estimate of drug-likeness (QED) is 0.868. The van der Waals surface area contributed by atoms with Crippen LogP contribution in [-0.2, 0) is 11.2 Å². The van der Waals surface area contributed by atoms with Gasteiger partial charge in [-0.05, 0) is 31.0 Å². The lowest BCUT2D eigenvalue weighted by Crippen LogP contribution is -2.30. The molecule has 1 aliphatic rings. The normalized spacial score (nSPS) is 20.5. The summed E-state index contributed by atoms with van der Waals surface area (Å²) in [5.74, 6) is -1.12. The largest absolute Gasteiger partial charge is 0.481 e. The number of fused-ring (bicyclic) bond motifs is 1. The molecule has 0 fully saturated rings. The van der Waals surface area contributed by atoms with E-state index in [0.717, 1.165) is 16.6 Å². The van der Waals surface area contributed by atoms with Crippen molar-refractivity contribution in [2.24, 2.45) is 5.92 Å². The minimum atomic E-state index is -0.753. The van der Waals surface area contributed by atoms with Gasteiger partial charge in [-0.2, -0.15) is 0 Å². The van der Waals surface area contributed by atoms with Crippen LogP contribution in [-0.4, -0.2) is 17.1 Å². The number of carboxylic acids is 1. The van der Waals surface area contributed by atoms with Crippen LogP contribution in [0.1, 0.15) is 12.5 Å². The first-order chi connectivity index (χ1) is 7.09. The molecule has 15 heavy (non-hydrogen) atoms. The second-order valence-corrected chi connectivity index (χ2v) is 4.70. The van der Waals surface area contributed by atoms with Gasteiger partial charge in [0.2, 0.25) is 0 Å². The molecule has 0 amide bonds. The highest BCUT2D eigenvalue weighted by Gasteiger charge is 2.30. The number of carbonyl (C=O) groups is 1. The predicted octanol–water partition coefficient (Wildman–Crippen LogP) is 2.51. The third-order valence-corrected chi connectivity index (χ3v) is 3.62. The van der Waals surface area contributed by atoms with Crippen molar-refractivity contribution in [2.75, 3.05) is 5.32 Å². The number of nitrogens with one attached hydrogen (secondary N) is 1. The van der Waals surface area contributed by atoms with Gasteiger partial charge in [-0.1, -0.05) is 22.0 Å². The molecule has 1 aromatic carbocycles. The van der Waals surface area contributed by atoms with Gasteiger partial charge in [-0.15, -0.1) is 0 Å². The highest BCUT2D eigenvalue weighted by atomic mass is 79.9. The predicted molar refractivity (Wildman–Crippen MR) is 62.1 cm³/mol. The fourth-order valence-electron chi connectivity index (χ4n) is 1.85. The average molecular weight is 270 g/mol. The fourth-order valence-corrected chi connectivity index (χ4v) is 2.37. The number of hydrogen-bond donors (Lipinski definition) is 2. The second kappa shape index (κ2) is 3.85. The van der Waals surface area contributed by atoms with Crippen molar-refractivity contribution in [1.82, 2.24) is 0 Å². The Morgan fingerprint density at radius 3 is 3.00 bits per heavy atom. The van der Waals surface area contributed by atoms with Crippen molar-refractivity contribution in [2.45, 2.75) is 19.4 Å². The van der Waals surface area contributed by atoms with Crippen LogP contribution in [0.5, 0.6) is 0 Å². The molecule has 1 aliphatic heterocycles. The molecular formula is C11H12BrNO2. The van der Waals surface area contributed by atoms with Gasteiger partial charge in [0.05, 0.1) is 5.92 Å². The Balaban J connectivity index is 2.23. The number of hydrogen-bond acceptors (Lipinski definition) is 2. The van der Waals surface area contributed by atoms with Crippen LogP contribution < -0.4 is 5.32 Å². The smallest absolute Gasteiger partial charge is 0.308 e. The van der Waals surface area contributed by atoms with E-state index in [0.29, 0.717) is 0 Å². The van der Waals surface area contributed by atoms with E-state index >= 15 is 0 Å². The highest BCUT2D eigenvalue weighted by molar-refractivity contribution is 9.10. The van der Waals surface area contributed by atoms with Gasteiger partial charge in [0.15, 0.2) is 0 Å². The molecule has 2 atom stereocenters. The molecule has 4 heteroatoms. The van der Waals surface area contributed by atoms with Gasteiger partial charge in [0.25, 0.3) is 0 Å². The van der Waals surface area contributed by atoms with Crippen molar-refractivity contribution in [3.05, 3.63) is 28.2 Å². The Kier molecular flexibility index (Phi) is 2.69. The van der Waals surface area contributed by atoms with Gasteiger partial charge in [0, 0.05) is 16.2 Å². The van der Waals surface area contributed by atoms with E-state index in [-0.39, 0.29) is 12.0 Å². The topological polar surface area (TPSA) is 49.3 Å². The van der Waals surface area contributed by atoms with E-state index < -0.39 is 5.97 Å². The number of aliphatic carboxylic acids is 1. The van der Waals surface area contributed by atoms with Crippen LogP contribution in [0.15, 0.2) is 22.7 Å². The monoisotopic (exact) mass is 269 g/mol. The maximum absolute atomic E-state index is 10.9. The van der Waals surface area contributed by atoms with Crippen LogP contribution in [0.3, 0.4) is 0 Å². The van der Waals surface area contributed by atoms with Gasteiger partial charge in [0.1, 0.15) is 0 Å². The minimum absolute atomic E-state index is 0.00352. The van der Waals surface area contributed by atoms with E-state index in [9.17, 15) is 4.79 Å². The molecule has 3 nitrogen and oxygen atoms in total. The summed E-state index contributed by atoms with van der Waals surface area (Å²) >= 11 is 3.47. The Labute approximate surface area is 96.6 Å². The summed E-state index contributed by atoms with van der Waals surface area (Å²) in [5.41, 5.74) is 2.22. The summed E-state index contributed by atoms with van der Waals surface area (Å²) in [6, 6.07) is 5.91. The van der Waals surface area contributed by atoms with Crippen LogP contribution >= 0.6 is 15.9 Å². The fraction of sp³-hybridized carbons (Fsp3) is 0.364. The Bertz CT molecular complexity index is 406. The average Bonchev–Trinajstić information content (AvgIpc) is 2.61. The van der Waals surface area contributed by atoms with Crippen molar-refractivity contribution in [3.63, 3.8) is 0 Å². The van der Waals surface area contributed by atoms with Gasteiger partial charge < -0.3 is 10.4 Å². The SMILES string of the molecule is CC(C(=O)O)C1Cc2c(Br)cccc2N1. The summed E-state index contributed by atoms with van der Waals surface area (Å²) in [7, 11) is 0. The molecule has 0 spiro atoms. The molecule has 2 rings (SSSR count). The summed E-state index contributed by atoms with van der Waals surface area (Å²) < 4.78 is 1.05. The second-order valence-electron chi connectivity index (χ2n) is 3.85. The maximum atomic E-state index is 10.9. The molecule has 1 heterocycles. The third kappa shape index (κ3) is 1.86. The molecule has 0 saturated heterocycles. The van der Waals surface area contributed by atoms with Crippen LogP contribution in [0.25, 0.3) is 0 Å². The lowest BCUT2D eigenvalue weighted by Gasteiger charge is -2.15. The van der Waals surface area contributed by atoms with Gasteiger partial charge in [-0.25, -0.2) is 0 Å². The molecule has 2 N–H and O–H groups in total. The summed E-state index contributed by atoms with van der Waals surface area (Å²) in [4.78, 5) is 10.9. The first kappa shape index (κ1) is 10.5. The molecular weight excluding hydrogens is 258 g/mol. The van der Waals surface area contributed by atoms with Crippen molar-refractivity contribution >= 4 is 27.6 Å². The molecule has 1 aromatic rings. The highest BCUT2D eigenvalue weighted by Crippen LogP contribution is 2.34. The van der Waals surface area contributed by atoms with Crippen LogP contribution in [0.4, 0.5) is 5.69 Å². The Hall–Kier alpha value is -1.03. The number of carboxylic acid groups (broad SMARTS) is 1. The van der Waals surface area contributed by atoms with Crippen molar-refractivity contribution < 1.29 is 9.90 Å². The zero-order chi connectivity index (χ0) is 11.0. The van der Waals surface area contributed by atoms with Gasteiger partial charge in [-0.3, -0.25) is 4.79 Å². The Morgan fingerprint density at radius 1 is 1.67 bits per heavy atom. The lowest BCUT2D eigenvalue weighted by atomic mass is 9.99. The molecule has 80 valence electrons. The van der Waals surface area contributed by atoms with E-state index in [4.69, 9.17) is 5.11 Å². The number of anilines is 1. The zero-order valence-electron chi connectivity index (χ0n) is 8.33. The molecule has 0 radical (unpaired) electrons. The number of rotatable bonds is 2. The first-order valence-corrected chi connectivity index (χ1v) is 5.65. The minimum Gasteiger partial charge on any atom is -0.481 e. The molecule has 0 aliphatic carbocycles. The molecule has 2 unspecified atom stereocenters. The number of halogens is 1. The summed E-state index contributed by atoms with van der Waals surface area (Å²) in [5, 5.41) is 12.2. The zero-order valence-corrected chi connectivity index (χ0v) is 9.91. The molecule has 0 bridgehead atoms. The number of benzene rings is 1. The van der Waals surface area contributed by atoms with E-state index in [1.165, 1.54) is 5.56 Å². The van der Waals surface area contributed by atoms with E-state index in [1.54, 1.807) is 6.92 Å². The third-order valence-electron chi connectivity index (χ3n) is 2.88. The Morgan fingerprint density at radius 2 is 2.40 bits per heavy atom. The van der Waals surface area contributed by atoms with Gasteiger partial charge >= 0.3 is 5.97 Å². The lowest BCUT2D eigenvalue weighted by molar-refractivity contribution is -0.141. The summed E-state index contributed by atoms with van der Waals surface area (Å²) in [6.45, 7) is 1.74. The standard InChI is InChI=1S/C11H12BrNO2/c1-6(11(14)15)10-5-7-8(12)3-2-4-9(7)13-10/h2-4,6,10,13H,5H2,1H3,(H,14,15). The van der Waals surface area contributed by atoms with E-state index in [2.05, 4.69) is 21.2 Å². The molecule has 0 aromatic heterocycles.